The van der Waals surface area contributed by atoms with Crippen LogP contribution in [-0.2, 0) is 0 Å². The zero-order valence-corrected chi connectivity index (χ0v) is 27.4. The van der Waals surface area contributed by atoms with Crippen molar-refractivity contribution in [2.45, 2.75) is 32.0 Å². The number of fused-ring (bicyclic) bond motifs is 6. The van der Waals surface area contributed by atoms with Crippen LogP contribution in [0.25, 0.3) is 60.2 Å². The van der Waals surface area contributed by atoms with E-state index in [4.69, 9.17) is 4.42 Å². The molecule has 3 unspecified atom stereocenters. The third-order valence-electron chi connectivity index (χ3n) is 10.8. The molecule has 1 aromatic heterocycles. The Hall–Kier alpha value is -5.80. The van der Waals surface area contributed by atoms with Crippen LogP contribution in [0.15, 0.2) is 168 Å². The highest BCUT2D eigenvalue weighted by Crippen LogP contribution is 2.46. The van der Waals surface area contributed by atoms with Crippen LogP contribution in [0.1, 0.15) is 37.1 Å². The fraction of sp³-hybridized carbons (Fsp3) is 0.130. The summed E-state index contributed by atoms with van der Waals surface area (Å²) < 4.78 is 6.36. The minimum Gasteiger partial charge on any atom is -0.456 e. The van der Waals surface area contributed by atoms with Crippen molar-refractivity contribution in [3.63, 3.8) is 0 Å². The molecule has 1 aliphatic heterocycles. The lowest BCUT2D eigenvalue weighted by atomic mass is 9.82. The van der Waals surface area contributed by atoms with Crippen LogP contribution in [0, 0.1) is 5.92 Å². The third kappa shape index (κ3) is 4.42. The van der Waals surface area contributed by atoms with Crippen LogP contribution in [0.4, 0.5) is 0 Å². The van der Waals surface area contributed by atoms with Crippen molar-refractivity contribution in [2.24, 2.45) is 5.92 Å². The molecule has 1 N–H and O–H groups in total. The van der Waals surface area contributed by atoms with Gasteiger partial charge in [-0.25, -0.2) is 0 Å². The Morgan fingerprint density at radius 2 is 1.27 bits per heavy atom. The largest absolute Gasteiger partial charge is 0.456 e. The van der Waals surface area contributed by atoms with Gasteiger partial charge in [0.15, 0.2) is 0 Å². The molecule has 49 heavy (non-hydrogen) atoms. The molecule has 0 spiro atoms. The molecule has 0 saturated carbocycles. The summed E-state index contributed by atoms with van der Waals surface area (Å²) in [5, 5.41) is 11.2. The van der Waals surface area contributed by atoms with E-state index in [2.05, 4.69) is 163 Å². The highest BCUT2D eigenvalue weighted by Gasteiger charge is 2.39. The van der Waals surface area contributed by atoms with Gasteiger partial charge in [0.2, 0.25) is 0 Å². The van der Waals surface area contributed by atoms with Gasteiger partial charge in [-0.2, -0.15) is 0 Å². The molecule has 6 aromatic carbocycles. The average Bonchev–Trinajstić information content (AvgIpc) is 3.72. The predicted molar refractivity (Wildman–Crippen MR) is 204 cm³/mol. The van der Waals surface area contributed by atoms with E-state index in [1.54, 1.807) is 0 Å². The van der Waals surface area contributed by atoms with E-state index < -0.39 is 0 Å². The highest BCUT2D eigenvalue weighted by molar-refractivity contribution is 6.20. The van der Waals surface area contributed by atoms with Gasteiger partial charge in [0.1, 0.15) is 17.3 Å². The van der Waals surface area contributed by atoms with Crippen LogP contribution in [0.5, 0.6) is 0 Å². The molecule has 10 rings (SSSR count). The molecular weight excluding hydrogens is 597 g/mol. The number of hydrogen-bond acceptors (Lipinski definition) is 3. The molecule has 1 saturated heterocycles. The maximum absolute atomic E-state index is 6.36. The predicted octanol–water partition coefficient (Wildman–Crippen LogP) is 11.7. The van der Waals surface area contributed by atoms with Crippen molar-refractivity contribution in [3.8, 4) is 11.1 Å². The Kier molecular flexibility index (Phi) is 6.42. The Morgan fingerprint density at radius 1 is 0.633 bits per heavy atom. The van der Waals surface area contributed by atoms with Gasteiger partial charge in [-0.1, -0.05) is 140 Å². The van der Waals surface area contributed by atoms with Crippen molar-refractivity contribution >= 4 is 49.1 Å². The first-order valence-electron chi connectivity index (χ1n) is 17.5. The molecular formula is C46H36N2O. The zero-order valence-electron chi connectivity index (χ0n) is 27.4. The number of nitrogens with zero attached hydrogens (tertiary/aromatic N) is 1. The fourth-order valence-electron chi connectivity index (χ4n) is 8.57. The summed E-state index contributed by atoms with van der Waals surface area (Å²) in [7, 11) is 0. The third-order valence-corrected chi connectivity index (χ3v) is 10.8. The first kappa shape index (κ1) is 28.2. The lowest BCUT2D eigenvalue weighted by Crippen LogP contribution is -2.39. The molecule has 0 bridgehead atoms. The van der Waals surface area contributed by atoms with Gasteiger partial charge in [0, 0.05) is 10.8 Å². The second-order valence-electron chi connectivity index (χ2n) is 13.6. The fourth-order valence-corrected chi connectivity index (χ4v) is 8.57. The van der Waals surface area contributed by atoms with Crippen molar-refractivity contribution in [1.29, 1.82) is 0 Å². The smallest absolute Gasteiger partial charge is 0.136 e. The lowest BCUT2D eigenvalue weighted by Gasteiger charge is -2.38. The van der Waals surface area contributed by atoms with E-state index >= 15 is 0 Å². The van der Waals surface area contributed by atoms with Crippen LogP contribution >= 0.6 is 0 Å². The first-order valence-corrected chi connectivity index (χ1v) is 17.5. The van der Waals surface area contributed by atoms with Gasteiger partial charge in [-0.3, -0.25) is 0 Å². The highest BCUT2D eigenvalue weighted by atomic mass is 16.3. The number of nitrogens with one attached hydrogen (secondary N) is 1. The normalized spacial score (nSPS) is 20.4. The minimum absolute atomic E-state index is 0.105. The molecule has 2 aliphatic carbocycles. The molecule has 2 heterocycles. The monoisotopic (exact) mass is 632 g/mol. The summed E-state index contributed by atoms with van der Waals surface area (Å²) in [6, 6.07) is 44.0. The standard InChI is InChI=1S/C46H36N2O/c1-29-27-31(24-26-40(29)48-41-21-11-10-20-39(41)47-46(48)30-13-3-2-4-14-30)44-35-16-5-7-18-37(35)45(38-19-8-6-17-36(38)44)32-23-25-34-33-15-9-12-22-42(33)49-43(34)28-32/h2-9,12-29,40,46-47H,10-11H2,1H3. The van der Waals surface area contributed by atoms with Gasteiger partial charge in [-0.15, -0.1) is 0 Å². The van der Waals surface area contributed by atoms with Gasteiger partial charge >= 0.3 is 0 Å². The molecule has 3 atom stereocenters. The average molecular weight is 633 g/mol. The van der Waals surface area contributed by atoms with Crippen LogP contribution in [-0.4, -0.2) is 10.9 Å². The summed E-state index contributed by atoms with van der Waals surface area (Å²) >= 11 is 0. The molecule has 7 aromatic rings. The molecule has 3 heteroatoms. The molecule has 3 nitrogen and oxygen atoms in total. The topological polar surface area (TPSA) is 28.4 Å². The van der Waals surface area contributed by atoms with Gasteiger partial charge in [0.05, 0.1) is 17.4 Å². The molecule has 0 radical (unpaired) electrons. The summed E-state index contributed by atoms with van der Waals surface area (Å²) in [6.07, 6.45) is 14.4. The number of allylic oxidation sites excluding steroid dienone is 4. The van der Waals surface area contributed by atoms with E-state index in [0.717, 1.165) is 34.8 Å². The SMILES string of the molecule is CC1C=C(c2c3ccccc3c(-c3ccc4c(c3)oc3ccccc34)c3ccccc23)C=CC1N1C2=CCCC=C2NC1c1ccccc1. The Bertz CT molecular complexity index is 2510. The minimum atomic E-state index is 0.105. The van der Waals surface area contributed by atoms with Crippen LogP contribution < -0.4 is 5.32 Å². The Labute approximate surface area is 286 Å². The number of rotatable bonds is 4. The summed E-state index contributed by atoms with van der Waals surface area (Å²) in [5.74, 6) is 0.294. The van der Waals surface area contributed by atoms with E-state index in [1.165, 1.54) is 60.8 Å². The number of para-hydroxylation sites is 1. The Balaban J connectivity index is 1.11. The number of furan rings is 1. The zero-order chi connectivity index (χ0) is 32.5. The quantitative estimate of drug-likeness (QED) is 0.196. The number of hydrogen-bond donors (Lipinski definition) is 1. The van der Waals surface area contributed by atoms with E-state index in [-0.39, 0.29) is 12.2 Å². The lowest BCUT2D eigenvalue weighted by molar-refractivity contribution is 0.206. The molecule has 0 amide bonds. The van der Waals surface area contributed by atoms with Gasteiger partial charge in [0.25, 0.3) is 0 Å². The van der Waals surface area contributed by atoms with E-state index in [0.29, 0.717) is 5.92 Å². The van der Waals surface area contributed by atoms with Crippen molar-refractivity contribution < 1.29 is 4.42 Å². The van der Waals surface area contributed by atoms with Crippen molar-refractivity contribution in [1.82, 2.24) is 10.2 Å². The van der Waals surface area contributed by atoms with E-state index in [1.807, 2.05) is 6.07 Å². The maximum atomic E-state index is 6.36. The Morgan fingerprint density at radius 3 is 2.00 bits per heavy atom. The summed E-state index contributed by atoms with van der Waals surface area (Å²) in [6.45, 7) is 2.38. The molecule has 3 aliphatic rings. The van der Waals surface area contributed by atoms with Crippen LogP contribution in [0.2, 0.25) is 0 Å². The summed E-state index contributed by atoms with van der Waals surface area (Å²) in [5.41, 5.74) is 10.8. The molecule has 1 fully saturated rings. The van der Waals surface area contributed by atoms with Gasteiger partial charge < -0.3 is 14.6 Å². The van der Waals surface area contributed by atoms with Crippen LogP contribution in [0.3, 0.4) is 0 Å². The maximum Gasteiger partial charge on any atom is 0.136 e. The number of benzene rings is 6. The summed E-state index contributed by atoms with van der Waals surface area (Å²) in [4.78, 5) is 2.61. The van der Waals surface area contributed by atoms with Gasteiger partial charge in [-0.05, 0) is 86.3 Å². The second-order valence-corrected chi connectivity index (χ2v) is 13.6. The van der Waals surface area contributed by atoms with Crippen molar-refractivity contribution in [2.75, 3.05) is 0 Å². The van der Waals surface area contributed by atoms with Crippen molar-refractivity contribution in [3.05, 3.63) is 174 Å². The molecule has 236 valence electrons. The second kappa shape index (κ2) is 11.1. The van der Waals surface area contributed by atoms with E-state index in [9.17, 15) is 0 Å². The first-order chi connectivity index (χ1) is 24.2.